The molecule has 0 saturated carbocycles. The number of rotatable bonds is 7. The SMILES string of the molecule is Cc1ccc(B(c2ccc(C)c(Cl)c2)C(CN(C)C)CN(C)C)cc1Cl. The predicted molar refractivity (Wildman–Crippen MR) is 118 cm³/mol. The van der Waals surface area contributed by atoms with Crippen LogP contribution in [-0.2, 0) is 0 Å². The van der Waals surface area contributed by atoms with E-state index >= 15 is 0 Å². The lowest BCUT2D eigenvalue weighted by atomic mass is 9.33. The molecule has 0 atom stereocenters. The quantitative estimate of drug-likeness (QED) is 0.665. The Balaban J connectivity index is 2.57. The zero-order valence-corrected chi connectivity index (χ0v) is 18.2. The summed E-state index contributed by atoms with van der Waals surface area (Å²) >= 11 is 12.9. The van der Waals surface area contributed by atoms with Crippen molar-refractivity contribution in [3.63, 3.8) is 0 Å². The van der Waals surface area contributed by atoms with Crippen molar-refractivity contribution >= 4 is 40.8 Å². The number of nitrogens with zero attached hydrogens (tertiary/aromatic N) is 2. The van der Waals surface area contributed by atoms with Crippen LogP contribution in [0.5, 0.6) is 0 Å². The van der Waals surface area contributed by atoms with Gasteiger partial charge in [0.25, 0.3) is 0 Å². The van der Waals surface area contributed by atoms with E-state index in [1.54, 1.807) is 0 Å². The Kier molecular flexibility index (Phi) is 7.60. The van der Waals surface area contributed by atoms with Crippen LogP contribution in [-0.4, -0.2) is 57.8 Å². The number of hydrogen-bond donors (Lipinski definition) is 0. The van der Waals surface area contributed by atoms with E-state index in [2.05, 4.69) is 74.4 Å². The van der Waals surface area contributed by atoms with E-state index in [1.807, 2.05) is 13.8 Å². The van der Waals surface area contributed by atoms with Gasteiger partial charge in [-0.05, 0) is 84.2 Å². The normalized spacial score (nSPS) is 11.7. The Hall–Kier alpha value is -0.995. The molecule has 140 valence electrons. The second kappa shape index (κ2) is 9.28. The van der Waals surface area contributed by atoms with Crippen LogP contribution in [0.3, 0.4) is 0 Å². The summed E-state index contributed by atoms with van der Waals surface area (Å²) in [6.45, 7) is 6.29. The molecule has 2 nitrogen and oxygen atoms in total. The van der Waals surface area contributed by atoms with Crippen LogP contribution in [0.15, 0.2) is 36.4 Å². The Bertz CT molecular complexity index is 685. The van der Waals surface area contributed by atoms with Gasteiger partial charge in [-0.2, -0.15) is 0 Å². The van der Waals surface area contributed by atoms with Crippen molar-refractivity contribution in [2.75, 3.05) is 41.3 Å². The molecule has 0 aliphatic rings. The summed E-state index contributed by atoms with van der Waals surface area (Å²) in [7, 11) is 8.52. The maximum absolute atomic E-state index is 6.47. The summed E-state index contributed by atoms with van der Waals surface area (Å²) in [5.41, 5.74) is 4.70. The Morgan fingerprint density at radius 3 is 1.46 bits per heavy atom. The smallest absolute Gasteiger partial charge is 0.215 e. The molecule has 0 N–H and O–H groups in total. The summed E-state index contributed by atoms with van der Waals surface area (Å²) in [6.07, 6.45) is 0. The van der Waals surface area contributed by atoms with Crippen molar-refractivity contribution in [1.29, 1.82) is 0 Å². The molecule has 0 heterocycles. The molecule has 0 unspecified atom stereocenters. The van der Waals surface area contributed by atoms with E-state index in [0.717, 1.165) is 34.3 Å². The first-order valence-corrected chi connectivity index (χ1v) is 9.76. The second-order valence-electron chi connectivity index (χ2n) is 7.78. The molecule has 2 aromatic rings. The molecule has 0 aliphatic heterocycles. The van der Waals surface area contributed by atoms with Crippen molar-refractivity contribution in [2.24, 2.45) is 0 Å². The van der Waals surface area contributed by atoms with Gasteiger partial charge in [0.15, 0.2) is 0 Å². The summed E-state index contributed by atoms with van der Waals surface area (Å²) in [5, 5.41) is 1.64. The number of benzene rings is 2. The fourth-order valence-corrected chi connectivity index (χ4v) is 3.93. The minimum atomic E-state index is 0.232. The van der Waals surface area contributed by atoms with Gasteiger partial charge in [0.1, 0.15) is 0 Å². The molecule has 0 bridgehead atoms. The molecule has 0 spiro atoms. The minimum Gasteiger partial charge on any atom is -0.310 e. The van der Waals surface area contributed by atoms with Gasteiger partial charge in [-0.1, -0.05) is 58.4 Å². The van der Waals surface area contributed by atoms with Crippen LogP contribution in [0.2, 0.25) is 15.9 Å². The highest BCUT2D eigenvalue weighted by molar-refractivity contribution is 6.86. The first-order valence-electron chi connectivity index (χ1n) is 9.00. The lowest BCUT2D eigenvalue weighted by Crippen LogP contribution is -2.51. The van der Waals surface area contributed by atoms with Crippen molar-refractivity contribution in [3.8, 4) is 0 Å². The lowest BCUT2D eigenvalue weighted by molar-refractivity contribution is 0.338. The lowest BCUT2D eigenvalue weighted by Gasteiger charge is -2.30. The van der Waals surface area contributed by atoms with Gasteiger partial charge >= 0.3 is 0 Å². The largest absolute Gasteiger partial charge is 0.310 e. The van der Waals surface area contributed by atoms with Crippen LogP contribution in [0.4, 0.5) is 0 Å². The maximum Gasteiger partial charge on any atom is 0.215 e. The van der Waals surface area contributed by atoms with E-state index in [4.69, 9.17) is 23.2 Å². The van der Waals surface area contributed by atoms with Crippen LogP contribution in [0.25, 0.3) is 0 Å². The molecule has 26 heavy (non-hydrogen) atoms. The third kappa shape index (κ3) is 5.50. The highest BCUT2D eigenvalue weighted by Gasteiger charge is 2.30. The van der Waals surface area contributed by atoms with Crippen molar-refractivity contribution < 1.29 is 0 Å². The number of halogens is 2. The molecular weight excluding hydrogens is 362 g/mol. The molecule has 0 radical (unpaired) electrons. The number of aryl methyl sites for hydroxylation is 2. The highest BCUT2D eigenvalue weighted by Crippen LogP contribution is 2.20. The Morgan fingerprint density at radius 1 is 0.769 bits per heavy atom. The molecule has 0 saturated heterocycles. The minimum absolute atomic E-state index is 0.232. The first kappa shape index (κ1) is 21.3. The zero-order chi connectivity index (χ0) is 19.4. The number of hydrogen-bond acceptors (Lipinski definition) is 2. The van der Waals surface area contributed by atoms with E-state index in [9.17, 15) is 0 Å². The standard InChI is InChI=1S/C21H29BCl2N2/c1-15-7-9-17(11-20(15)23)22(18-10-8-16(2)21(24)12-18)19(13-25(3)4)14-26(5)6/h7-12,19H,13-14H2,1-6H3. The molecule has 0 aliphatic carbocycles. The van der Waals surface area contributed by atoms with E-state index in [0.29, 0.717) is 5.82 Å². The monoisotopic (exact) mass is 390 g/mol. The van der Waals surface area contributed by atoms with Gasteiger partial charge in [0.2, 0.25) is 6.71 Å². The maximum atomic E-state index is 6.47. The molecule has 0 amide bonds. The van der Waals surface area contributed by atoms with Crippen molar-refractivity contribution in [1.82, 2.24) is 9.80 Å². The molecular formula is C21H29BCl2N2. The van der Waals surface area contributed by atoms with Crippen molar-refractivity contribution in [3.05, 3.63) is 57.6 Å². The molecule has 0 aromatic heterocycles. The Labute approximate surface area is 169 Å². The van der Waals surface area contributed by atoms with Gasteiger partial charge in [-0.15, -0.1) is 0 Å². The van der Waals surface area contributed by atoms with Crippen LogP contribution < -0.4 is 10.9 Å². The average molecular weight is 391 g/mol. The van der Waals surface area contributed by atoms with Gasteiger partial charge < -0.3 is 9.80 Å². The molecule has 5 heteroatoms. The van der Waals surface area contributed by atoms with Gasteiger partial charge in [-0.25, -0.2) is 0 Å². The third-order valence-electron chi connectivity index (χ3n) is 4.78. The zero-order valence-electron chi connectivity index (χ0n) is 16.7. The second-order valence-corrected chi connectivity index (χ2v) is 8.59. The van der Waals surface area contributed by atoms with Gasteiger partial charge in [-0.3, -0.25) is 0 Å². The summed E-state index contributed by atoms with van der Waals surface area (Å²) in [6, 6.07) is 12.9. The topological polar surface area (TPSA) is 6.48 Å². The fraction of sp³-hybridized carbons (Fsp3) is 0.429. The van der Waals surface area contributed by atoms with Crippen molar-refractivity contribution in [2.45, 2.75) is 19.7 Å². The Morgan fingerprint density at radius 2 is 1.15 bits per heavy atom. The predicted octanol–water partition coefficient (Wildman–Crippen LogP) is 3.71. The molecule has 2 rings (SSSR count). The van der Waals surface area contributed by atoms with Gasteiger partial charge in [0, 0.05) is 10.0 Å². The van der Waals surface area contributed by atoms with Crippen LogP contribution >= 0.6 is 23.2 Å². The summed E-state index contributed by atoms with van der Waals surface area (Å²) in [5.74, 6) is 0.414. The van der Waals surface area contributed by atoms with E-state index in [1.165, 1.54) is 10.9 Å². The average Bonchev–Trinajstić information content (AvgIpc) is 2.53. The molecule has 2 aromatic carbocycles. The van der Waals surface area contributed by atoms with Crippen LogP contribution in [0.1, 0.15) is 11.1 Å². The summed E-state index contributed by atoms with van der Waals surface area (Å²) < 4.78 is 0. The van der Waals surface area contributed by atoms with Gasteiger partial charge in [0.05, 0.1) is 0 Å². The van der Waals surface area contributed by atoms with Crippen LogP contribution in [0, 0.1) is 13.8 Å². The summed E-state index contributed by atoms with van der Waals surface area (Å²) in [4.78, 5) is 4.51. The highest BCUT2D eigenvalue weighted by atomic mass is 35.5. The molecule has 0 fully saturated rings. The van der Waals surface area contributed by atoms with E-state index in [-0.39, 0.29) is 6.71 Å². The third-order valence-corrected chi connectivity index (χ3v) is 5.60. The first-order chi connectivity index (χ1) is 12.2. The van der Waals surface area contributed by atoms with E-state index < -0.39 is 0 Å². The fourth-order valence-electron chi connectivity index (χ4n) is 3.55.